The van der Waals surface area contributed by atoms with Gasteiger partial charge in [0.15, 0.2) is 0 Å². The molecule has 5 heteroatoms. The van der Waals surface area contributed by atoms with E-state index in [-0.39, 0.29) is 21.8 Å². The molecule has 0 amide bonds. The molecule has 0 N–H and O–H groups in total. The summed E-state index contributed by atoms with van der Waals surface area (Å²) in [6.45, 7) is 25.7. The van der Waals surface area contributed by atoms with Crippen molar-refractivity contribution in [3.05, 3.63) is 10.0 Å². The summed E-state index contributed by atoms with van der Waals surface area (Å²) in [5, 5.41) is 11.3. The zero-order chi connectivity index (χ0) is 20.7. The number of hydrogen-bond donors (Lipinski definition) is 0. The number of rotatable bonds is 5. The first kappa shape index (κ1) is 22.8. The van der Waals surface area contributed by atoms with Gasteiger partial charge in [0.05, 0.1) is 12.7 Å². The van der Waals surface area contributed by atoms with Gasteiger partial charge in [-0.3, -0.25) is 4.90 Å². The van der Waals surface area contributed by atoms with Crippen LogP contribution in [0.3, 0.4) is 0 Å². The van der Waals surface area contributed by atoms with E-state index in [1.807, 2.05) is 0 Å². The summed E-state index contributed by atoms with van der Waals surface area (Å²) in [6, 6.07) is 0. The van der Waals surface area contributed by atoms with Crippen LogP contribution in [0.5, 0.6) is 0 Å². The topological polar surface area (TPSA) is 38.2 Å². The van der Waals surface area contributed by atoms with Gasteiger partial charge in [0, 0.05) is 29.5 Å². The highest BCUT2D eigenvalue weighted by Gasteiger charge is 2.38. The van der Waals surface area contributed by atoms with Crippen LogP contribution in [0.15, 0.2) is 0 Å². The summed E-state index contributed by atoms with van der Waals surface area (Å²) in [5.41, 5.74) is 0.460. The number of hydrogen-bond acceptors (Lipinski definition) is 5. The average Bonchev–Trinajstić information content (AvgIpc) is 3.04. The predicted molar refractivity (Wildman–Crippen MR) is 116 cm³/mol. The van der Waals surface area contributed by atoms with Gasteiger partial charge in [-0.05, 0) is 32.1 Å². The SMILES string of the molecule is CC(C)(C)c1nnc(C(C)(C)CCC(C)(C)N2CCOC(C(C)(C)C)C2)s1. The Labute approximate surface area is 171 Å². The lowest BCUT2D eigenvalue weighted by Crippen LogP contribution is -2.55. The van der Waals surface area contributed by atoms with Crippen LogP contribution in [0.4, 0.5) is 0 Å². The predicted octanol–water partition coefficient (Wildman–Crippen LogP) is 5.42. The lowest BCUT2D eigenvalue weighted by Gasteiger charge is -2.47. The van der Waals surface area contributed by atoms with Gasteiger partial charge in [-0.15, -0.1) is 21.5 Å². The Balaban J connectivity index is 2.03. The van der Waals surface area contributed by atoms with Crippen molar-refractivity contribution in [2.45, 2.75) is 105 Å². The molecule has 27 heavy (non-hydrogen) atoms. The molecule has 1 fully saturated rings. The van der Waals surface area contributed by atoms with Crippen molar-refractivity contribution >= 4 is 11.3 Å². The van der Waals surface area contributed by atoms with E-state index in [9.17, 15) is 0 Å². The van der Waals surface area contributed by atoms with Crippen molar-refractivity contribution in [3.63, 3.8) is 0 Å². The Hall–Kier alpha value is -0.520. The average molecular weight is 396 g/mol. The molecule has 2 rings (SSSR count). The molecule has 0 spiro atoms. The Morgan fingerprint density at radius 2 is 1.52 bits per heavy atom. The van der Waals surface area contributed by atoms with Crippen LogP contribution < -0.4 is 0 Å². The van der Waals surface area contributed by atoms with Crippen molar-refractivity contribution < 1.29 is 4.74 Å². The second-order valence-electron chi connectivity index (χ2n) is 11.5. The smallest absolute Gasteiger partial charge is 0.123 e. The van der Waals surface area contributed by atoms with E-state index in [1.54, 1.807) is 11.3 Å². The highest BCUT2D eigenvalue weighted by molar-refractivity contribution is 7.11. The van der Waals surface area contributed by atoms with E-state index < -0.39 is 0 Å². The van der Waals surface area contributed by atoms with Gasteiger partial charge in [-0.25, -0.2) is 0 Å². The van der Waals surface area contributed by atoms with Crippen LogP contribution in [-0.2, 0) is 15.6 Å². The summed E-state index contributed by atoms with van der Waals surface area (Å²) in [5.74, 6) is 0. The van der Waals surface area contributed by atoms with Gasteiger partial charge in [-0.2, -0.15) is 0 Å². The second-order valence-corrected chi connectivity index (χ2v) is 12.5. The molecule has 1 aromatic rings. The molecule has 1 aromatic heterocycles. The summed E-state index contributed by atoms with van der Waals surface area (Å²) >= 11 is 1.78. The van der Waals surface area contributed by atoms with E-state index in [0.717, 1.165) is 42.6 Å². The monoisotopic (exact) mass is 395 g/mol. The van der Waals surface area contributed by atoms with Crippen molar-refractivity contribution in [3.8, 4) is 0 Å². The molecule has 156 valence electrons. The third-order valence-corrected chi connectivity index (χ3v) is 7.61. The number of ether oxygens (including phenoxy) is 1. The summed E-state index contributed by atoms with van der Waals surface area (Å²) in [4.78, 5) is 2.63. The minimum atomic E-state index is 0.0498. The van der Waals surface area contributed by atoms with Crippen LogP contribution in [0.1, 0.15) is 92.1 Å². The third kappa shape index (κ3) is 5.74. The zero-order valence-corrected chi connectivity index (χ0v) is 20.1. The van der Waals surface area contributed by atoms with E-state index in [0.29, 0.717) is 6.10 Å². The van der Waals surface area contributed by atoms with Gasteiger partial charge in [0.2, 0.25) is 0 Å². The molecule has 1 saturated heterocycles. The van der Waals surface area contributed by atoms with E-state index >= 15 is 0 Å². The number of morpholine rings is 1. The lowest BCUT2D eigenvalue weighted by atomic mass is 9.81. The maximum absolute atomic E-state index is 6.06. The normalized spacial score (nSPS) is 20.9. The quantitative estimate of drug-likeness (QED) is 0.667. The molecule has 0 bridgehead atoms. The molecule has 0 aromatic carbocycles. The molecule has 0 radical (unpaired) electrons. The van der Waals surface area contributed by atoms with Crippen LogP contribution in [-0.4, -0.2) is 46.4 Å². The highest BCUT2D eigenvalue weighted by Crippen LogP contribution is 2.37. The minimum absolute atomic E-state index is 0.0498. The third-order valence-electron chi connectivity index (χ3n) is 5.90. The first-order valence-corrected chi connectivity index (χ1v) is 11.2. The van der Waals surface area contributed by atoms with E-state index in [1.165, 1.54) is 0 Å². The fraction of sp³-hybridized carbons (Fsp3) is 0.909. The molecule has 1 aliphatic rings. The minimum Gasteiger partial charge on any atom is -0.375 e. The van der Waals surface area contributed by atoms with Crippen LogP contribution in [0.2, 0.25) is 0 Å². The maximum atomic E-state index is 6.06. The van der Waals surface area contributed by atoms with Crippen LogP contribution in [0.25, 0.3) is 0 Å². The summed E-state index contributed by atoms with van der Waals surface area (Å²) in [7, 11) is 0. The molecular weight excluding hydrogens is 354 g/mol. The van der Waals surface area contributed by atoms with E-state index in [2.05, 4.69) is 84.3 Å². The lowest BCUT2D eigenvalue weighted by molar-refractivity contribution is -0.105. The van der Waals surface area contributed by atoms with Crippen LogP contribution in [0, 0.1) is 5.41 Å². The molecule has 0 saturated carbocycles. The first-order valence-electron chi connectivity index (χ1n) is 10.3. The van der Waals surface area contributed by atoms with Gasteiger partial charge in [-0.1, -0.05) is 55.4 Å². The van der Waals surface area contributed by atoms with E-state index in [4.69, 9.17) is 4.74 Å². The van der Waals surface area contributed by atoms with Crippen LogP contribution >= 0.6 is 11.3 Å². The van der Waals surface area contributed by atoms with Gasteiger partial charge in [0.25, 0.3) is 0 Å². The van der Waals surface area contributed by atoms with Gasteiger partial charge in [0.1, 0.15) is 10.0 Å². The zero-order valence-electron chi connectivity index (χ0n) is 19.3. The summed E-state index contributed by atoms with van der Waals surface area (Å²) < 4.78 is 6.06. The van der Waals surface area contributed by atoms with Gasteiger partial charge >= 0.3 is 0 Å². The van der Waals surface area contributed by atoms with Crippen molar-refractivity contribution in [1.29, 1.82) is 0 Å². The largest absolute Gasteiger partial charge is 0.375 e. The van der Waals surface area contributed by atoms with Crippen molar-refractivity contribution in [1.82, 2.24) is 15.1 Å². The standard InChI is InChI=1S/C22H41N3OS/c1-19(2,3)16-15-25(13-14-26-16)22(9,10)12-11-21(7,8)18-24-23-17(27-18)20(4,5)6/h16H,11-15H2,1-10H3. The Kier molecular flexibility index (Phi) is 6.51. The first-order chi connectivity index (χ1) is 12.1. The summed E-state index contributed by atoms with van der Waals surface area (Å²) in [6.07, 6.45) is 2.55. The fourth-order valence-electron chi connectivity index (χ4n) is 3.41. The molecule has 2 heterocycles. The molecule has 1 aliphatic heterocycles. The Morgan fingerprint density at radius 3 is 2.04 bits per heavy atom. The number of aromatic nitrogens is 2. The Bertz CT molecular complexity index is 622. The van der Waals surface area contributed by atoms with Crippen molar-refractivity contribution in [2.24, 2.45) is 5.41 Å². The van der Waals surface area contributed by atoms with Crippen molar-refractivity contribution in [2.75, 3.05) is 19.7 Å². The second kappa shape index (κ2) is 7.72. The molecule has 0 aliphatic carbocycles. The molecule has 1 atom stereocenters. The fourth-order valence-corrected chi connectivity index (χ4v) is 4.44. The molecule has 4 nitrogen and oxygen atoms in total. The number of nitrogens with zero attached hydrogens (tertiary/aromatic N) is 3. The molecular formula is C22H41N3OS. The van der Waals surface area contributed by atoms with Gasteiger partial charge < -0.3 is 4.74 Å². The maximum Gasteiger partial charge on any atom is 0.123 e. The highest BCUT2D eigenvalue weighted by atomic mass is 32.1. The molecule has 1 unspecified atom stereocenters. The Morgan fingerprint density at radius 1 is 0.926 bits per heavy atom.